The standard InChI is InChI=1S/C15H14Cl2N2O2/c1-10-4-5-18-7-11(10)8-19-15(20)9-21-12-2-3-13(16)14(17)6-12/h2-7H,8-9H2,1H3,(H,19,20). The molecule has 0 unspecified atom stereocenters. The average Bonchev–Trinajstić information content (AvgIpc) is 2.47. The first-order valence-corrected chi connectivity index (χ1v) is 7.06. The molecule has 0 aliphatic carbocycles. The summed E-state index contributed by atoms with van der Waals surface area (Å²) in [5, 5.41) is 3.61. The third kappa shape index (κ3) is 4.62. The van der Waals surface area contributed by atoms with Crippen LogP contribution in [0.5, 0.6) is 5.75 Å². The zero-order chi connectivity index (χ0) is 15.2. The quantitative estimate of drug-likeness (QED) is 0.917. The van der Waals surface area contributed by atoms with Crippen LogP contribution < -0.4 is 10.1 Å². The van der Waals surface area contributed by atoms with Crippen LogP contribution in [0.2, 0.25) is 10.0 Å². The molecule has 0 spiro atoms. The minimum atomic E-state index is -0.218. The summed E-state index contributed by atoms with van der Waals surface area (Å²) in [6, 6.07) is 6.75. The summed E-state index contributed by atoms with van der Waals surface area (Å²) in [6.07, 6.45) is 3.45. The molecule has 0 saturated heterocycles. The van der Waals surface area contributed by atoms with Crippen molar-refractivity contribution in [3.8, 4) is 5.75 Å². The Hall–Kier alpha value is -1.78. The Balaban J connectivity index is 1.82. The SMILES string of the molecule is Cc1ccncc1CNC(=O)COc1ccc(Cl)c(Cl)c1. The van der Waals surface area contributed by atoms with Gasteiger partial charge in [-0.05, 0) is 36.2 Å². The van der Waals surface area contributed by atoms with Gasteiger partial charge in [0.1, 0.15) is 5.75 Å². The fraction of sp³-hybridized carbons (Fsp3) is 0.200. The van der Waals surface area contributed by atoms with Crippen LogP contribution >= 0.6 is 23.2 Å². The van der Waals surface area contributed by atoms with E-state index in [1.54, 1.807) is 30.6 Å². The van der Waals surface area contributed by atoms with Gasteiger partial charge in [-0.15, -0.1) is 0 Å². The normalized spacial score (nSPS) is 10.2. The molecule has 0 radical (unpaired) electrons. The Morgan fingerprint density at radius 2 is 2.10 bits per heavy atom. The highest BCUT2D eigenvalue weighted by Gasteiger charge is 2.06. The van der Waals surface area contributed by atoms with Gasteiger partial charge < -0.3 is 10.1 Å². The zero-order valence-corrected chi connectivity index (χ0v) is 12.9. The predicted molar refractivity (Wildman–Crippen MR) is 82.8 cm³/mol. The zero-order valence-electron chi connectivity index (χ0n) is 11.4. The molecule has 1 heterocycles. The number of pyridine rings is 1. The molecule has 21 heavy (non-hydrogen) atoms. The van der Waals surface area contributed by atoms with Crippen molar-refractivity contribution in [2.24, 2.45) is 0 Å². The van der Waals surface area contributed by atoms with Crippen molar-refractivity contribution >= 4 is 29.1 Å². The van der Waals surface area contributed by atoms with E-state index in [9.17, 15) is 4.79 Å². The van der Waals surface area contributed by atoms with Crippen molar-refractivity contribution in [3.05, 3.63) is 57.8 Å². The highest BCUT2D eigenvalue weighted by atomic mass is 35.5. The molecule has 6 heteroatoms. The summed E-state index contributed by atoms with van der Waals surface area (Å²) in [5.41, 5.74) is 2.05. The van der Waals surface area contributed by atoms with Crippen LogP contribution in [0.4, 0.5) is 0 Å². The molecule has 0 aliphatic heterocycles. The van der Waals surface area contributed by atoms with Gasteiger partial charge in [-0.3, -0.25) is 9.78 Å². The maximum atomic E-state index is 11.7. The van der Waals surface area contributed by atoms with Crippen LogP contribution in [0, 0.1) is 6.92 Å². The summed E-state index contributed by atoms with van der Waals surface area (Å²) in [5.74, 6) is 0.279. The Labute approximate surface area is 133 Å². The van der Waals surface area contributed by atoms with Gasteiger partial charge in [0.15, 0.2) is 6.61 Å². The molecular formula is C15H14Cl2N2O2. The van der Waals surface area contributed by atoms with E-state index in [0.717, 1.165) is 11.1 Å². The number of nitrogens with zero attached hydrogens (tertiary/aromatic N) is 1. The van der Waals surface area contributed by atoms with Gasteiger partial charge in [-0.25, -0.2) is 0 Å². The highest BCUT2D eigenvalue weighted by molar-refractivity contribution is 6.42. The lowest BCUT2D eigenvalue weighted by molar-refractivity contribution is -0.123. The summed E-state index contributed by atoms with van der Waals surface area (Å²) in [4.78, 5) is 15.8. The maximum Gasteiger partial charge on any atom is 0.258 e. The summed E-state index contributed by atoms with van der Waals surface area (Å²) in [6.45, 7) is 2.30. The topological polar surface area (TPSA) is 51.2 Å². The van der Waals surface area contributed by atoms with E-state index in [0.29, 0.717) is 22.3 Å². The van der Waals surface area contributed by atoms with E-state index in [-0.39, 0.29) is 12.5 Å². The molecule has 110 valence electrons. The Kier molecular flexibility index (Phi) is 5.42. The molecule has 1 N–H and O–H groups in total. The van der Waals surface area contributed by atoms with Crippen LogP contribution in [0.15, 0.2) is 36.7 Å². The van der Waals surface area contributed by atoms with Crippen molar-refractivity contribution in [2.45, 2.75) is 13.5 Å². The maximum absolute atomic E-state index is 11.7. The summed E-state index contributed by atoms with van der Waals surface area (Å²) in [7, 11) is 0. The first-order chi connectivity index (χ1) is 10.1. The Morgan fingerprint density at radius 1 is 1.29 bits per heavy atom. The predicted octanol–water partition coefficient (Wildman–Crippen LogP) is 3.39. The van der Waals surface area contributed by atoms with Crippen molar-refractivity contribution in [1.29, 1.82) is 0 Å². The molecule has 1 aromatic heterocycles. The third-order valence-electron chi connectivity index (χ3n) is 2.88. The van der Waals surface area contributed by atoms with Crippen molar-refractivity contribution < 1.29 is 9.53 Å². The number of hydrogen-bond acceptors (Lipinski definition) is 3. The number of amides is 1. The lowest BCUT2D eigenvalue weighted by Gasteiger charge is -2.09. The van der Waals surface area contributed by atoms with Crippen LogP contribution in [-0.4, -0.2) is 17.5 Å². The lowest BCUT2D eigenvalue weighted by atomic mass is 10.1. The van der Waals surface area contributed by atoms with Crippen molar-refractivity contribution in [1.82, 2.24) is 10.3 Å². The number of ether oxygens (including phenoxy) is 1. The molecule has 0 saturated carbocycles. The van der Waals surface area contributed by atoms with Crippen LogP contribution in [0.1, 0.15) is 11.1 Å². The lowest BCUT2D eigenvalue weighted by Crippen LogP contribution is -2.28. The molecule has 0 fully saturated rings. The second-order valence-corrected chi connectivity index (χ2v) is 5.26. The molecule has 2 rings (SSSR count). The Morgan fingerprint density at radius 3 is 2.81 bits per heavy atom. The second-order valence-electron chi connectivity index (χ2n) is 4.44. The fourth-order valence-corrected chi connectivity index (χ4v) is 1.93. The first kappa shape index (κ1) is 15.6. The monoisotopic (exact) mass is 324 g/mol. The van der Waals surface area contributed by atoms with Crippen LogP contribution in [0.3, 0.4) is 0 Å². The minimum Gasteiger partial charge on any atom is -0.484 e. The van der Waals surface area contributed by atoms with Crippen molar-refractivity contribution in [2.75, 3.05) is 6.61 Å². The largest absolute Gasteiger partial charge is 0.484 e. The smallest absolute Gasteiger partial charge is 0.258 e. The average molecular weight is 325 g/mol. The number of carbonyl (C=O) groups excluding carboxylic acids is 1. The van der Waals surface area contributed by atoms with E-state index in [1.807, 2.05) is 13.0 Å². The van der Waals surface area contributed by atoms with Gasteiger partial charge in [0.25, 0.3) is 5.91 Å². The number of aromatic nitrogens is 1. The van der Waals surface area contributed by atoms with Gasteiger partial charge in [0, 0.05) is 25.0 Å². The number of nitrogens with one attached hydrogen (secondary N) is 1. The van der Waals surface area contributed by atoms with E-state index >= 15 is 0 Å². The van der Waals surface area contributed by atoms with E-state index in [1.165, 1.54) is 0 Å². The van der Waals surface area contributed by atoms with Gasteiger partial charge in [-0.2, -0.15) is 0 Å². The summed E-state index contributed by atoms with van der Waals surface area (Å²) < 4.78 is 5.35. The first-order valence-electron chi connectivity index (χ1n) is 6.30. The third-order valence-corrected chi connectivity index (χ3v) is 3.62. The number of aryl methyl sites for hydroxylation is 1. The van der Waals surface area contributed by atoms with Crippen molar-refractivity contribution in [3.63, 3.8) is 0 Å². The van der Waals surface area contributed by atoms with Crippen LogP contribution in [0.25, 0.3) is 0 Å². The second kappa shape index (κ2) is 7.29. The van der Waals surface area contributed by atoms with Gasteiger partial charge in [0.05, 0.1) is 10.0 Å². The minimum absolute atomic E-state index is 0.0860. The number of benzene rings is 1. The molecule has 0 aliphatic rings. The summed E-state index contributed by atoms with van der Waals surface area (Å²) >= 11 is 11.7. The number of rotatable bonds is 5. The Bertz CT molecular complexity index is 647. The molecular weight excluding hydrogens is 311 g/mol. The number of halogens is 2. The molecule has 1 amide bonds. The van der Waals surface area contributed by atoms with E-state index in [4.69, 9.17) is 27.9 Å². The van der Waals surface area contributed by atoms with Gasteiger partial charge in [0.2, 0.25) is 0 Å². The highest BCUT2D eigenvalue weighted by Crippen LogP contribution is 2.26. The van der Waals surface area contributed by atoms with Gasteiger partial charge in [-0.1, -0.05) is 23.2 Å². The molecule has 0 atom stereocenters. The molecule has 4 nitrogen and oxygen atoms in total. The van der Waals surface area contributed by atoms with E-state index in [2.05, 4.69) is 10.3 Å². The van der Waals surface area contributed by atoms with Crippen LogP contribution in [-0.2, 0) is 11.3 Å². The number of carbonyl (C=O) groups is 1. The van der Waals surface area contributed by atoms with E-state index < -0.39 is 0 Å². The molecule has 2 aromatic rings. The number of hydrogen-bond donors (Lipinski definition) is 1. The molecule has 1 aromatic carbocycles. The molecule has 0 bridgehead atoms. The van der Waals surface area contributed by atoms with Gasteiger partial charge >= 0.3 is 0 Å². The fourth-order valence-electron chi connectivity index (χ4n) is 1.64.